The fourth-order valence-electron chi connectivity index (χ4n) is 3.40. The Kier molecular flexibility index (Phi) is 3.60. The lowest BCUT2D eigenvalue weighted by Crippen LogP contribution is -2.25. The van der Waals surface area contributed by atoms with Crippen LogP contribution >= 0.6 is 0 Å². The highest BCUT2D eigenvalue weighted by atomic mass is 16.1. The van der Waals surface area contributed by atoms with Crippen molar-refractivity contribution in [3.63, 3.8) is 0 Å². The van der Waals surface area contributed by atoms with Gasteiger partial charge in [-0.05, 0) is 38.3 Å². The van der Waals surface area contributed by atoms with E-state index in [1.54, 1.807) is 4.40 Å². The van der Waals surface area contributed by atoms with Gasteiger partial charge in [-0.2, -0.15) is 0 Å². The molecule has 2 aromatic rings. The molecule has 0 spiro atoms. The molecule has 1 saturated carbocycles. The molecular weight excluding hydrogens is 248 g/mol. The summed E-state index contributed by atoms with van der Waals surface area (Å²) in [6, 6.07) is 5.83. The summed E-state index contributed by atoms with van der Waals surface area (Å²) in [5.41, 5.74) is 3.69. The van der Waals surface area contributed by atoms with Crippen LogP contribution in [0, 0.1) is 19.8 Å². The largest absolute Gasteiger partial charge is 0.269 e. The highest BCUT2D eigenvalue weighted by molar-refractivity contribution is 5.42. The molecule has 0 aromatic carbocycles. The van der Waals surface area contributed by atoms with E-state index in [-0.39, 0.29) is 5.56 Å². The Labute approximate surface area is 119 Å². The second kappa shape index (κ2) is 5.39. The van der Waals surface area contributed by atoms with Gasteiger partial charge in [0.1, 0.15) is 5.65 Å². The van der Waals surface area contributed by atoms with Crippen LogP contribution in [0.25, 0.3) is 5.65 Å². The SMILES string of the molecule is Cc1nc2cccc(C)n2c(=O)c1CC1CCCCC1. The van der Waals surface area contributed by atoms with Gasteiger partial charge in [-0.15, -0.1) is 0 Å². The molecule has 0 bridgehead atoms. The Morgan fingerprint density at radius 3 is 2.70 bits per heavy atom. The number of pyridine rings is 1. The zero-order chi connectivity index (χ0) is 14.1. The van der Waals surface area contributed by atoms with Crippen LogP contribution in [0.2, 0.25) is 0 Å². The lowest BCUT2D eigenvalue weighted by Gasteiger charge is -2.22. The lowest BCUT2D eigenvalue weighted by atomic mass is 9.85. The molecule has 106 valence electrons. The number of aromatic nitrogens is 2. The van der Waals surface area contributed by atoms with Crippen LogP contribution in [-0.2, 0) is 6.42 Å². The highest BCUT2D eigenvalue weighted by Crippen LogP contribution is 2.26. The van der Waals surface area contributed by atoms with Gasteiger partial charge in [-0.25, -0.2) is 4.98 Å². The maximum absolute atomic E-state index is 12.8. The monoisotopic (exact) mass is 270 g/mol. The smallest absolute Gasteiger partial charge is 0.261 e. The van der Waals surface area contributed by atoms with E-state index in [2.05, 4.69) is 4.98 Å². The second-order valence-electron chi connectivity index (χ2n) is 6.05. The average Bonchev–Trinajstić information content (AvgIpc) is 2.44. The van der Waals surface area contributed by atoms with Gasteiger partial charge in [-0.1, -0.05) is 38.2 Å². The molecule has 0 atom stereocenters. The number of rotatable bonds is 2. The summed E-state index contributed by atoms with van der Waals surface area (Å²) in [4.78, 5) is 17.4. The number of nitrogens with zero attached hydrogens (tertiary/aromatic N) is 2. The van der Waals surface area contributed by atoms with Gasteiger partial charge in [0.25, 0.3) is 5.56 Å². The standard InChI is InChI=1S/C17H22N2O/c1-12-7-6-10-16-18-13(2)15(17(20)19(12)16)11-14-8-4-3-5-9-14/h6-7,10,14H,3-5,8-9,11H2,1-2H3. The molecule has 1 aliphatic rings. The van der Waals surface area contributed by atoms with E-state index >= 15 is 0 Å². The molecule has 3 heteroatoms. The van der Waals surface area contributed by atoms with Crippen LogP contribution in [-0.4, -0.2) is 9.38 Å². The normalized spacial score (nSPS) is 16.7. The third kappa shape index (κ3) is 2.37. The molecule has 2 heterocycles. The van der Waals surface area contributed by atoms with Crippen molar-refractivity contribution in [3.8, 4) is 0 Å². The summed E-state index contributed by atoms with van der Waals surface area (Å²) in [6.45, 7) is 3.94. The molecule has 0 amide bonds. The highest BCUT2D eigenvalue weighted by Gasteiger charge is 2.18. The summed E-state index contributed by atoms with van der Waals surface area (Å²) in [6.07, 6.45) is 7.39. The summed E-state index contributed by atoms with van der Waals surface area (Å²) < 4.78 is 1.76. The first-order valence-electron chi connectivity index (χ1n) is 7.64. The minimum atomic E-state index is 0.135. The maximum Gasteiger partial charge on any atom is 0.261 e. The molecule has 20 heavy (non-hydrogen) atoms. The van der Waals surface area contributed by atoms with E-state index in [0.29, 0.717) is 5.92 Å². The zero-order valence-corrected chi connectivity index (χ0v) is 12.4. The number of fused-ring (bicyclic) bond motifs is 1. The Hall–Kier alpha value is -1.64. The van der Waals surface area contributed by atoms with Crippen molar-refractivity contribution in [1.82, 2.24) is 9.38 Å². The van der Waals surface area contributed by atoms with Crippen molar-refractivity contribution in [2.75, 3.05) is 0 Å². The molecule has 0 radical (unpaired) electrons. The molecule has 0 N–H and O–H groups in total. The van der Waals surface area contributed by atoms with Gasteiger partial charge in [0, 0.05) is 17.0 Å². The van der Waals surface area contributed by atoms with Crippen molar-refractivity contribution in [3.05, 3.63) is 45.5 Å². The van der Waals surface area contributed by atoms with E-state index in [9.17, 15) is 4.79 Å². The first-order chi connectivity index (χ1) is 9.66. The van der Waals surface area contributed by atoms with Crippen molar-refractivity contribution in [2.24, 2.45) is 5.92 Å². The predicted molar refractivity (Wildman–Crippen MR) is 81.2 cm³/mol. The molecule has 0 aliphatic heterocycles. The number of aryl methyl sites for hydroxylation is 2. The third-order valence-electron chi connectivity index (χ3n) is 4.56. The minimum Gasteiger partial charge on any atom is -0.269 e. The molecule has 1 aliphatic carbocycles. The van der Waals surface area contributed by atoms with Crippen LogP contribution < -0.4 is 5.56 Å². The minimum absolute atomic E-state index is 0.135. The van der Waals surface area contributed by atoms with Crippen LogP contribution in [0.1, 0.15) is 49.1 Å². The lowest BCUT2D eigenvalue weighted by molar-refractivity contribution is 0.355. The van der Waals surface area contributed by atoms with E-state index in [1.807, 2.05) is 32.0 Å². The quantitative estimate of drug-likeness (QED) is 0.838. The van der Waals surface area contributed by atoms with Crippen LogP contribution in [0.3, 0.4) is 0 Å². The second-order valence-corrected chi connectivity index (χ2v) is 6.05. The van der Waals surface area contributed by atoms with Crippen molar-refractivity contribution in [2.45, 2.75) is 52.4 Å². The fraction of sp³-hybridized carbons (Fsp3) is 0.529. The van der Waals surface area contributed by atoms with Gasteiger partial charge in [0.05, 0.1) is 0 Å². The van der Waals surface area contributed by atoms with E-state index in [0.717, 1.165) is 29.0 Å². The fourth-order valence-corrected chi connectivity index (χ4v) is 3.40. The van der Waals surface area contributed by atoms with Gasteiger partial charge < -0.3 is 0 Å². The van der Waals surface area contributed by atoms with E-state index < -0.39 is 0 Å². The van der Waals surface area contributed by atoms with Gasteiger partial charge in [-0.3, -0.25) is 9.20 Å². The van der Waals surface area contributed by atoms with Crippen molar-refractivity contribution < 1.29 is 0 Å². The maximum atomic E-state index is 12.8. The summed E-state index contributed by atoms with van der Waals surface area (Å²) in [7, 11) is 0. The first-order valence-corrected chi connectivity index (χ1v) is 7.64. The Balaban J connectivity index is 2.06. The van der Waals surface area contributed by atoms with Gasteiger partial charge in [0.15, 0.2) is 0 Å². The molecular formula is C17H22N2O. The van der Waals surface area contributed by atoms with E-state index in [4.69, 9.17) is 0 Å². The summed E-state index contributed by atoms with van der Waals surface area (Å²) in [5, 5.41) is 0. The van der Waals surface area contributed by atoms with Gasteiger partial charge >= 0.3 is 0 Å². The van der Waals surface area contributed by atoms with Crippen molar-refractivity contribution in [1.29, 1.82) is 0 Å². The topological polar surface area (TPSA) is 34.4 Å². The van der Waals surface area contributed by atoms with Crippen LogP contribution in [0.15, 0.2) is 23.0 Å². The molecule has 0 saturated heterocycles. The Morgan fingerprint density at radius 1 is 1.20 bits per heavy atom. The number of hydrogen-bond acceptors (Lipinski definition) is 2. The first kappa shape index (κ1) is 13.3. The van der Waals surface area contributed by atoms with Crippen LogP contribution in [0.5, 0.6) is 0 Å². The zero-order valence-electron chi connectivity index (χ0n) is 12.4. The van der Waals surface area contributed by atoms with E-state index in [1.165, 1.54) is 32.1 Å². The molecule has 1 fully saturated rings. The summed E-state index contributed by atoms with van der Waals surface area (Å²) in [5.74, 6) is 0.666. The average molecular weight is 270 g/mol. The number of hydrogen-bond donors (Lipinski definition) is 0. The van der Waals surface area contributed by atoms with Crippen LogP contribution in [0.4, 0.5) is 0 Å². The molecule has 3 nitrogen and oxygen atoms in total. The third-order valence-corrected chi connectivity index (χ3v) is 4.56. The van der Waals surface area contributed by atoms with Gasteiger partial charge in [0.2, 0.25) is 0 Å². The Morgan fingerprint density at radius 2 is 1.95 bits per heavy atom. The molecule has 3 rings (SSSR count). The predicted octanol–water partition coefficient (Wildman–Crippen LogP) is 3.43. The molecule has 2 aromatic heterocycles. The van der Waals surface area contributed by atoms with Crippen molar-refractivity contribution >= 4 is 5.65 Å². The summed E-state index contributed by atoms with van der Waals surface area (Å²) >= 11 is 0. The Bertz CT molecular complexity index is 681. The molecule has 0 unspecified atom stereocenters.